The van der Waals surface area contributed by atoms with Crippen LogP contribution in [0, 0.1) is 0 Å². The molecular weight excluding hydrogens is 457 g/mol. The Morgan fingerprint density at radius 3 is 2.43 bits per heavy atom. The normalized spacial score (nSPS) is 15.1. The number of imidazole rings is 1. The molecular formula is C25H21F3N6O. The van der Waals surface area contributed by atoms with E-state index in [2.05, 4.69) is 15.4 Å². The van der Waals surface area contributed by atoms with Crippen molar-refractivity contribution in [2.45, 2.75) is 24.6 Å². The number of benzene rings is 2. The third-order valence-electron chi connectivity index (χ3n) is 6.67. The maximum Gasteiger partial charge on any atom is 0.416 e. The van der Waals surface area contributed by atoms with Crippen molar-refractivity contribution in [3.05, 3.63) is 78.0 Å². The van der Waals surface area contributed by atoms with Crippen LogP contribution in [-0.2, 0) is 25.8 Å². The van der Waals surface area contributed by atoms with Gasteiger partial charge in [0.2, 0.25) is 0 Å². The molecule has 0 bridgehead atoms. The van der Waals surface area contributed by atoms with E-state index in [-0.39, 0.29) is 5.91 Å². The fraction of sp³-hybridized carbons (Fsp3) is 0.240. The van der Waals surface area contributed by atoms with Crippen molar-refractivity contribution >= 4 is 27.8 Å². The molecule has 1 N–H and O–H groups in total. The van der Waals surface area contributed by atoms with E-state index in [4.69, 9.17) is 0 Å². The topological polar surface area (TPSA) is 69.7 Å². The van der Waals surface area contributed by atoms with E-state index in [0.717, 1.165) is 47.0 Å². The van der Waals surface area contributed by atoms with Crippen LogP contribution in [0.4, 0.5) is 13.2 Å². The Hall–Kier alpha value is -4.08. The van der Waals surface area contributed by atoms with Crippen molar-refractivity contribution in [3.8, 4) is 5.69 Å². The Labute approximate surface area is 197 Å². The quantitative estimate of drug-likeness (QED) is 0.408. The van der Waals surface area contributed by atoms with E-state index < -0.39 is 17.3 Å². The molecule has 7 nitrogen and oxygen atoms in total. The van der Waals surface area contributed by atoms with Crippen molar-refractivity contribution in [2.75, 3.05) is 0 Å². The van der Waals surface area contributed by atoms with Crippen LogP contribution in [0.25, 0.3) is 27.6 Å². The molecule has 35 heavy (non-hydrogen) atoms. The highest BCUT2D eigenvalue weighted by atomic mass is 19.4. The van der Waals surface area contributed by atoms with Gasteiger partial charge in [-0.1, -0.05) is 0 Å². The zero-order valence-electron chi connectivity index (χ0n) is 19.0. The van der Waals surface area contributed by atoms with Gasteiger partial charge in [0.1, 0.15) is 0 Å². The Balaban J connectivity index is 1.42. The van der Waals surface area contributed by atoms with E-state index in [1.54, 1.807) is 30.3 Å². The predicted molar refractivity (Wildman–Crippen MR) is 124 cm³/mol. The molecule has 0 atom stereocenters. The number of aryl methyl sites for hydroxylation is 2. The summed E-state index contributed by atoms with van der Waals surface area (Å²) >= 11 is 0. The minimum atomic E-state index is -4.41. The first-order valence-electron chi connectivity index (χ1n) is 11.1. The van der Waals surface area contributed by atoms with Gasteiger partial charge in [0.05, 0.1) is 34.8 Å². The fourth-order valence-electron chi connectivity index (χ4n) is 4.77. The second-order valence-electron chi connectivity index (χ2n) is 9.08. The molecule has 0 radical (unpaired) electrons. The molecule has 10 heteroatoms. The molecule has 0 spiro atoms. The summed E-state index contributed by atoms with van der Waals surface area (Å²) in [6.45, 7) is 0. The summed E-state index contributed by atoms with van der Waals surface area (Å²) in [6, 6.07) is 10.3. The Kier molecular flexibility index (Phi) is 4.42. The minimum Gasteiger partial charge on any atom is -0.341 e. The Morgan fingerprint density at radius 2 is 1.80 bits per heavy atom. The number of hydrogen-bond donors (Lipinski definition) is 1. The molecule has 1 amide bonds. The smallest absolute Gasteiger partial charge is 0.341 e. The molecule has 5 aromatic rings. The maximum absolute atomic E-state index is 13.2. The highest BCUT2D eigenvalue weighted by molar-refractivity contribution is 6.10. The number of carbonyl (C=O) groups excluding carboxylic acids is 1. The highest BCUT2D eigenvalue weighted by Crippen LogP contribution is 2.45. The Morgan fingerprint density at radius 1 is 1.06 bits per heavy atom. The van der Waals surface area contributed by atoms with Gasteiger partial charge in [-0.2, -0.15) is 18.3 Å². The van der Waals surface area contributed by atoms with E-state index in [1.807, 2.05) is 34.5 Å². The summed E-state index contributed by atoms with van der Waals surface area (Å²) in [4.78, 5) is 17.4. The number of nitrogens with zero attached hydrogens (tertiary/aromatic N) is 5. The number of nitrogens with one attached hydrogen (secondary N) is 1. The summed E-state index contributed by atoms with van der Waals surface area (Å²) < 4.78 is 44.6. The monoisotopic (exact) mass is 478 g/mol. The fourth-order valence-corrected chi connectivity index (χ4v) is 4.77. The first-order valence-corrected chi connectivity index (χ1v) is 11.1. The molecule has 178 valence electrons. The molecule has 2 aromatic carbocycles. The van der Waals surface area contributed by atoms with Crippen molar-refractivity contribution in [3.63, 3.8) is 0 Å². The summed E-state index contributed by atoms with van der Waals surface area (Å²) in [7, 11) is 3.69. The molecule has 3 aromatic heterocycles. The number of carbonyl (C=O) groups is 1. The van der Waals surface area contributed by atoms with Gasteiger partial charge in [-0.15, -0.1) is 0 Å². The van der Waals surface area contributed by atoms with Crippen LogP contribution in [0.1, 0.15) is 34.5 Å². The Bertz CT molecular complexity index is 1600. The molecule has 1 aliphatic rings. The number of rotatable bonds is 4. The first-order chi connectivity index (χ1) is 16.7. The second-order valence-corrected chi connectivity index (χ2v) is 9.08. The standard InChI is InChI=1S/C25H21F3N6O/c1-32-14-29-12-21(32)24(9-10-24)30-23(35)15-3-8-20-18(11-15)19-13-33(2)31-22(19)34(20)17-6-4-16(5-7-17)25(26,27)28/h3-8,11-14H,9-10H2,1-2H3,(H,30,35). The molecule has 0 unspecified atom stereocenters. The number of alkyl halides is 3. The summed E-state index contributed by atoms with van der Waals surface area (Å²) in [5, 5.41) is 9.31. The van der Waals surface area contributed by atoms with Gasteiger partial charge < -0.3 is 9.88 Å². The first kappa shape index (κ1) is 21.5. The van der Waals surface area contributed by atoms with Crippen molar-refractivity contribution in [1.82, 2.24) is 29.2 Å². The lowest BCUT2D eigenvalue weighted by Gasteiger charge is -2.18. The van der Waals surface area contributed by atoms with Gasteiger partial charge in [-0.05, 0) is 55.3 Å². The van der Waals surface area contributed by atoms with Crippen LogP contribution in [0.3, 0.4) is 0 Å². The van der Waals surface area contributed by atoms with E-state index in [0.29, 0.717) is 16.9 Å². The zero-order chi connectivity index (χ0) is 24.5. The van der Waals surface area contributed by atoms with Gasteiger partial charge in [-0.25, -0.2) is 4.98 Å². The average molecular weight is 478 g/mol. The molecule has 6 rings (SSSR count). The van der Waals surface area contributed by atoms with Gasteiger partial charge in [0, 0.05) is 42.3 Å². The summed E-state index contributed by atoms with van der Waals surface area (Å²) in [6.07, 6.45) is 2.62. The van der Waals surface area contributed by atoms with Crippen LogP contribution in [0.5, 0.6) is 0 Å². The van der Waals surface area contributed by atoms with Crippen LogP contribution in [0.2, 0.25) is 0 Å². The van der Waals surface area contributed by atoms with E-state index >= 15 is 0 Å². The number of amides is 1. The number of aromatic nitrogens is 5. The third-order valence-corrected chi connectivity index (χ3v) is 6.67. The maximum atomic E-state index is 13.2. The van der Waals surface area contributed by atoms with Gasteiger partial charge in [0.15, 0.2) is 5.65 Å². The molecule has 1 aliphatic carbocycles. The van der Waals surface area contributed by atoms with Crippen LogP contribution < -0.4 is 5.32 Å². The molecule has 0 aliphatic heterocycles. The highest BCUT2D eigenvalue weighted by Gasteiger charge is 2.47. The lowest BCUT2D eigenvalue weighted by Crippen LogP contribution is -2.36. The van der Waals surface area contributed by atoms with Gasteiger partial charge >= 0.3 is 6.18 Å². The number of halogens is 3. The van der Waals surface area contributed by atoms with Crippen LogP contribution >= 0.6 is 0 Å². The van der Waals surface area contributed by atoms with Crippen LogP contribution in [-0.4, -0.2) is 29.8 Å². The van der Waals surface area contributed by atoms with E-state index in [9.17, 15) is 18.0 Å². The zero-order valence-corrected chi connectivity index (χ0v) is 19.0. The molecule has 1 fully saturated rings. The predicted octanol–water partition coefficient (Wildman–Crippen LogP) is 4.69. The largest absolute Gasteiger partial charge is 0.416 e. The van der Waals surface area contributed by atoms with Crippen molar-refractivity contribution in [1.29, 1.82) is 0 Å². The summed E-state index contributed by atoms with van der Waals surface area (Å²) in [5.74, 6) is -0.190. The molecule has 1 saturated carbocycles. The minimum absolute atomic E-state index is 0.190. The number of hydrogen-bond acceptors (Lipinski definition) is 3. The lowest BCUT2D eigenvalue weighted by molar-refractivity contribution is -0.137. The van der Waals surface area contributed by atoms with E-state index in [1.165, 1.54) is 12.1 Å². The summed E-state index contributed by atoms with van der Waals surface area (Å²) in [5.41, 5.74) is 2.27. The average Bonchev–Trinajstić information content (AvgIpc) is 3.13. The molecule has 3 heterocycles. The molecule has 0 saturated heterocycles. The van der Waals surface area contributed by atoms with Crippen LogP contribution in [0.15, 0.2) is 61.2 Å². The van der Waals surface area contributed by atoms with Crippen molar-refractivity contribution < 1.29 is 18.0 Å². The van der Waals surface area contributed by atoms with Gasteiger partial charge in [0.25, 0.3) is 5.91 Å². The third kappa shape index (κ3) is 3.39. The second kappa shape index (κ2) is 7.21. The van der Waals surface area contributed by atoms with Crippen molar-refractivity contribution in [2.24, 2.45) is 14.1 Å². The lowest BCUT2D eigenvalue weighted by atomic mass is 10.1. The number of fused-ring (bicyclic) bond motifs is 3. The van der Waals surface area contributed by atoms with Gasteiger partial charge in [-0.3, -0.25) is 14.0 Å². The SMILES string of the molecule is Cn1cc2c3cc(C(=O)NC4(c5cncn5C)CC4)ccc3n(-c3ccc(C(F)(F)F)cc3)c2n1.